The molecular formula is C12H10F2N6O. The van der Waals surface area contributed by atoms with E-state index in [1.54, 1.807) is 6.07 Å². The minimum Gasteiger partial charge on any atom is -0.433 e. The zero-order chi connectivity index (χ0) is 14.7. The van der Waals surface area contributed by atoms with Gasteiger partial charge in [0.2, 0.25) is 0 Å². The number of nitrogens with one attached hydrogen (secondary N) is 2. The SMILES string of the molecule is FC(F)Oc1ccc(CNc2ncnc3nc[nH]c23)nc1. The van der Waals surface area contributed by atoms with E-state index in [0.717, 1.165) is 0 Å². The van der Waals surface area contributed by atoms with Crippen LogP contribution in [0, 0.1) is 0 Å². The van der Waals surface area contributed by atoms with E-state index in [9.17, 15) is 8.78 Å². The van der Waals surface area contributed by atoms with Crippen molar-refractivity contribution < 1.29 is 13.5 Å². The van der Waals surface area contributed by atoms with Crippen molar-refractivity contribution >= 4 is 17.0 Å². The van der Waals surface area contributed by atoms with Crippen molar-refractivity contribution in [3.05, 3.63) is 36.7 Å². The van der Waals surface area contributed by atoms with E-state index in [1.807, 2.05) is 0 Å². The number of H-pyrrole nitrogens is 1. The molecule has 0 saturated heterocycles. The van der Waals surface area contributed by atoms with Gasteiger partial charge in [0.25, 0.3) is 0 Å². The highest BCUT2D eigenvalue weighted by Gasteiger charge is 2.07. The summed E-state index contributed by atoms with van der Waals surface area (Å²) < 4.78 is 28.3. The Kier molecular flexibility index (Phi) is 3.54. The van der Waals surface area contributed by atoms with Gasteiger partial charge in [0.15, 0.2) is 11.5 Å². The lowest BCUT2D eigenvalue weighted by Gasteiger charge is -2.07. The number of nitrogens with zero attached hydrogens (tertiary/aromatic N) is 4. The van der Waals surface area contributed by atoms with E-state index in [-0.39, 0.29) is 5.75 Å². The molecule has 0 bridgehead atoms. The Morgan fingerprint density at radius 3 is 2.86 bits per heavy atom. The zero-order valence-corrected chi connectivity index (χ0v) is 10.6. The van der Waals surface area contributed by atoms with Crippen LogP contribution in [0.4, 0.5) is 14.6 Å². The normalized spacial score (nSPS) is 11.0. The molecule has 0 aromatic carbocycles. The van der Waals surface area contributed by atoms with Crippen LogP contribution in [0.1, 0.15) is 5.69 Å². The number of imidazole rings is 1. The quantitative estimate of drug-likeness (QED) is 0.747. The molecule has 0 aliphatic rings. The van der Waals surface area contributed by atoms with Crippen molar-refractivity contribution in [2.24, 2.45) is 0 Å². The van der Waals surface area contributed by atoms with Crippen LogP contribution in [0.3, 0.4) is 0 Å². The predicted octanol–water partition coefficient (Wildman–Crippen LogP) is 1.96. The van der Waals surface area contributed by atoms with Crippen LogP contribution < -0.4 is 10.1 Å². The second-order valence-corrected chi connectivity index (χ2v) is 4.04. The Morgan fingerprint density at radius 2 is 2.10 bits per heavy atom. The molecule has 0 spiro atoms. The van der Waals surface area contributed by atoms with Gasteiger partial charge in [0.05, 0.1) is 24.8 Å². The van der Waals surface area contributed by atoms with Crippen LogP contribution >= 0.6 is 0 Å². The average Bonchev–Trinajstić information content (AvgIpc) is 2.95. The maximum absolute atomic E-state index is 12.0. The number of hydrogen-bond donors (Lipinski definition) is 2. The van der Waals surface area contributed by atoms with Crippen LogP contribution in [-0.2, 0) is 6.54 Å². The summed E-state index contributed by atoms with van der Waals surface area (Å²) in [6, 6.07) is 3.03. The summed E-state index contributed by atoms with van der Waals surface area (Å²) in [6.45, 7) is -2.48. The Morgan fingerprint density at radius 1 is 1.19 bits per heavy atom. The van der Waals surface area contributed by atoms with Gasteiger partial charge in [-0.1, -0.05) is 0 Å². The van der Waals surface area contributed by atoms with E-state index < -0.39 is 6.61 Å². The molecule has 0 fully saturated rings. The highest BCUT2D eigenvalue weighted by Crippen LogP contribution is 2.16. The Bertz CT molecular complexity index is 730. The second kappa shape index (κ2) is 5.65. The van der Waals surface area contributed by atoms with Gasteiger partial charge in [0, 0.05) is 0 Å². The largest absolute Gasteiger partial charge is 0.433 e. The first kappa shape index (κ1) is 13.2. The number of halogens is 2. The number of aromatic amines is 1. The summed E-state index contributed by atoms with van der Waals surface area (Å²) in [6.07, 6.45) is 4.17. The van der Waals surface area contributed by atoms with E-state index in [0.29, 0.717) is 29.2 Å². The molecule has 21 heavy (non-hydrogen) atoms. The first-order valence-electron chi connectivity index (χ1n) is 6.00. The number of alkyl halides is 2. The number of rotatable bonds is 5. The molecule has 0 atom stereocenters. The van der Waals surface area contributed by atoms with Crippen molar-refractivity contribution in [3.8, 4) is 5.75 Å². The third kappa shape index (κ3) is 3.02. The van der Waals surface area contributed by atoms with Gasteiger partial charge in [-0.25, -0.2) is 15.0 Å². The Hall–Kier alpha value is -2.84. The fourth-order valence-corrected chi connectivity index (χ4v) is 1.76. The first-order valence-corrected chi connectivity index (χ1v) is 6.00. The topological polar surface area (TPSA) is 88.6 Å². The molecule has 7 nitrogen and oxygen atoms in total. The number of pyridine rings is 1. The lowest BCUT2D eigenvalue weighted by molar-refractivity contribution is -0.0500. The third-order valence-electron chi connectivity index (χ3n) is 2.68. The van der Waals surface area contributed by atoms with Crippen LogP contribution in [0.15, 0.2) is 31.0 Å². The molecule has 0 amide bonds. The minimum absolute atomic E-state index is 0.0201. The summed E-state index contributed by atoms with van der Waals surface area (Å²) in [5, 5.41) is 3.08. The maximum atomic E-state index is 12.0. The minimum atomic E-state index is -2.86. The molecule has 3 rings (SSSR count). The molecule has 9 heteroatoms. The molecule has 0 unspecified atom stereocenters. The lowest BCUT2D eigenvalue weighted by atomic mass is 10.3. The number of aromatic nitrogens is 5. The van der Waals surface area contributed by atoms with Crippen molar-refractivity contribution in [1.29, 1.82) is 0 Å². The summed E-state index contributed by atoms with van der Waals surface area (Å²) in [7, 11) is 0. The molecule has 0 aliphatic heterocycles. The lowest BCUT2D eigenvalue weighted by Crippen LogP contribution is -2.05. The molecule has 3 heterocycles. The average molecular weight is 292 g/mol. The predicted molar refractivity (Wildman–Crippen MR) is 69.9 cm³/mol. The molecular weight excluding hydrogens is 282 g/mol. The molecule has 3 aromatic heterocycles. The summed E-state index contributed by atoms with van der Waals surface area (Å²) in [5.41, 5.74) is 1.90. The van der Waals surface area contributed by atoms with Gasteiger partial charge in [-0.05, 0) is 12.1 Å². The van der Waals surface area contributed by atoms with Crippen molar-refractivity contribution in [2.75, 3.05) is 5.32 Å². The fraction of sp³-hybridized carbons (Fsp3) is 0.167. The number of ether oxygens (including phenoxy) is 1. The van der Waals surface area contributed by atoms with E-state index >= 15 is 0 Å². The van der Waals surface area contributed by atoms with Gasteiger partial charge in [-0.2, -0.15) is 8.78 Å². The van der Waals surface area contributed by atoms with Crippen molar-refractivity contribution in [2.45, 2.75) is 13.2 Å². The van der Waals surface area contributed by atoms with Gasteiger partial charge in [-0.3, -0.25) is 4.98 Å². The number of anilines is 1. The molecule has 3 aromatic rings. The smallest absolute Gasteiger partial charge is 0.387 e. The van der Waals surface area contributed by atoms with Gasteiger partial charge >= 0.3 is 6.61 Å². The summed E-state index contributed by atoms with van der Waals surface area (Å²) in [4.78, 5) is 19.1. The monoisotopic (exact) mass is 292 g/mol. The highest BCUT2D eigenvalue weighted by molar-refractivity contribution is 5.81. The van der Waals surface area contributed by atoms with Crippen LogP contribution in [-0.4, -0.2) is 31.5 Å². The van der Waals surface area contributed by atoms with Gasteiger partial charge < -0.3 is 15.0 Å². The van der Waals surface area contributed by atoms with Crippen molar-refractivity contribution in [1.82, 2.24) is 24.9 Å². The van der Waals surface area contributed by atoms with E-state index in [1.165, 1.54) is 24.9 Å². The highest BCUT2D eigenvalue weighted by atomic mass is 19.3. The molecule has 0 aliphatic carbocycles. The Labute approximate surface area is 117 Å². The van der Waals surface area contributed by atoms with Gasteiger partial charge in [-0.15, -0.1) is 0 Å². The molecule has 108 valence electrons. The Balaban J connectivity index is 1.68. The van der Waals surface area contributed by atoms with Crippen molar-refractivity contribution in [3.63, 3.8) is 0 Å². The van der Waals surface area contributed by atoms with Gasteiger partial charge in [0.1, 0.15) is 17.6 Å². The molecule has 2 N–H and O–H groups in total. The zero-order valence-electron chi connectivity index (χ0n) is 10.6. The van der Waals surface area contributed by atoms with E-state index in [2.05, 4.69) is 35.0 Å². The maximum Gasteiger partial charge on any atom is 0.387 e. The molecule has 0 radical (unpaired) electrons. The van der Waals surface area contributed by atoms with Crippen LogP contribution in [0.2, 0.25) is 0 Å². The first-order chi connectivity index (χ1) is 10.2. The fourth-order valence-electron chi connectivity index (χ4n) is 1.76. The van der Waals surface area contributed by atoms with Crippen LogP contribution in [0.5, 0.6) is 5.75 Å². The number of fused-ring (bicyclic) bond motifs is 1. The van der Waals surface area contributed by atoms with Crippen LogP contribution in [0.25, 0.3) is 11.2 Å². The third-order valence-corrected chi connectivity index (χ3v) is 2.68. The summed E-state index contributed by atoms with van der Waals surface area (Å²) in [5.74, 6) is 0.610. The summed E-state index contributed by atoms with van der Waals surface area (Å²) >= 11 is 0. The number of hydrogen-bond acceptors (Lipinski definition) is 6. The standard InChI is InChI=1S/C12H10F2N6O/c13-12(14)21-8-2-1-7(15-4-8)3-16-10-9-11(18-5-17-9)20-6-19-10/h1-2,4-6,12H,3H2,(H2,16,17,18,19,20). The molecule has 0 saturated carbocycles. The second-order valence-electron chi connectivity index (χ2n) is 4.04. The van der Waals surface area contributed by atoms with E-state index in [4.69, 9.17) is 0 Å².